The molecule has 2 aromatic carbocycles. The van der Waals surface area contributed by atoms with Crippen LogP contribution >= 0.6 is 15.9 Å². The number of primary amides is 1. The quantitative estimate of drug-likeness (QED) is 0.913. The van der Waals surface area contributed by atoms with E-state index >= 15 is 0 Å². The second-order valence-electron chi connectivity index (χ2n) is 5.90. The van der Waals surface area contributed by atoms with Crippen molar-refractivity contribution in [2.75, 3.05) is 11.4 Å². The molecule has 0 saturated heterocycles. The lowest BCUT2D eigenvalue weighted by atomic mass is 9.91. The van der Waals surface area contributed by atoms with Crippen molar-refractivity contribution in [3.8, 4) is 0 Å². The van der Waals surface area contributed by atoms with E-state index in [0.29, 0.717) is 6.54 Å². The number of benzene rings is 2. The molecule has 1 heterocycles. The van der Waals surface area contributed by atoms with Gasteiger partial charge in [-0.3, -0.25) is 4.79 Å². The highest BCUT2D eigenvalue weighted by Gasteiger charge is 2.27. The summed E-state index contributed by atoms with van der Waals surface area (Å²) in [7, 11) is 0. The van der Waals surface area contributed by atoms with Gasteiger partial charge in [-0.05, 0) is 42.2 Å². The van der Waals surface area contributed by atoms with Crippen molar-refractivity contribution in [1.82, 2.24) is 0 Å². The average molecular weight is 359 g/mol. The summed E-state index contributed by atoms with van der Waals surface area (Å²) in [5, 5.41) is 0. The summed E-state index contributed by atoms with van der Waals surface area (Å²) < 4.78 is 1.12. The third-order valence-electron chi connectivity index (χ3n) is 4.24. The van der Waals surface area contributed by atoms with Gasteiger partial charge in [-0.25, -0.2) is 0 Å². The standard InChI is InChI=1S/C18H19BrN2O/c1-12-8-13(6-7-16(12)19)10-21-11-15(18(20)22)9-14-4-2-3-5-17(14)21/h2-8,15H,9-11H2,1H3,(H2,20,22). The molecular formula is C18H19BrN2O. The molecule has 1 aliphatic heterocycles. The molecule has 0 bridgehead atoms. The normalized spacial score (nSPS) is 17.2. The molecule has 3 nitrogen and oxygen atoms in total. The molecule has 0 fully saturated rings. The Balaban J connectivity index is 1.91. The fourth-order valence-electron chi connectivity index (χ4n) is 3.05. The first kappa shape index (κ1) is 15.1. The highest BCUT2D eigenvalue weighted by Crippen LogP contribution is 2.31. The lowest BCUT2D eigenvalue weighted by molar-refractivity contribution is -0.121. The number of fused-ring (bicyclic) bond motifs is 1. The monoisotopic (exact) mass is 358 g/mol. The number of hydrogen-bond acceptors (Lipinski definition) is 2. The van der Waals surface area contributed by atoms with Crippen LogP contribution in [0.2, 0.25) is 0 Å². The van der Waals surface area contributed by atoms with Gasteiger partial charge in [0.1, 0.15) is 0 Å². The Hall–Kier alpha value is -1.81. The number of anilines is 1. The number of rotatable bonds is 3. The minimum absolute atomic E-state index is 0.119. The van der Waals surface area contributed by atoms with Crippen LogP contribution in [0.25, 0.3) is 0 Å². The minimum Gasteiger partial charge on any atom is -0.369 e. The van der Waals surface area contributed by atoms with Gasteiger partial charge < -0.3 is 10.6 Å². The predicted molar refractivity (Wildman–Crippen MR) is 92.8 cm³/mol. The number of carbonyl (C=O) groups excluding carboxylic acids is 1. The van der Waals surface area contributed by atoms with E-state index in [1.54, 1.807) is 0 Å². The van der Waals surface area contributed by atoms with E-state index in [-0.39, 0.29) is 11.8 Å². The van der Waals surface area contributed by atoms with Gasteiger partial charge in [-0.15, -0.1) is 0 Å². The summed E-state index contributed by atoms with van der Waals surface area (Å²) in [6.45, 7) is 3.56. The summed E-state index contributed by atoms with van der Waals surface area (Å²) >= 11 is 3.53. The van der Waals surface area contributed by atoms with Crippen LogP contribution in [0, 0.1) is 12.8 Å². The molecule has 0 aromatic heterocycles. The summed E-state index contributed by atoms with van der Waals surface area (Å²) in [6, 6.07) is 14.6. The topological polar surface area (TPSA) is 46.3 Å². The van der Waals surface area contributed by atoms with E-state index in [1.165, 1.54) is 22.4 Å². The van der Waals surface area contributed by atoms with E-state index in [0.717, 1.165) is 17.4 Å². The molecule has 0 aliphatic carbocycles. The van der Waals surface area contributed by atoms with Crippen molar-refractivity contribution >= 4 is 27.5 Å². The average Bonchev–Trinajstić information content (AvgIpc) is 2.50. The molecule has 114 valence electrons. The van der Waals surface area contributed by atoms with Crippen LogP contribution in [-0.4, -0.2) is 12.5 Å². The number of carbonyl (C=O) groups is 1. The van der Waals surface area contributed by atoms with Gasteiger partial charge >= 0.3 is 0 Å². The Morgan fingerprint density at radius 1 is 1.32 bits per heavy atom. The molecule has 3 rings (SSSR count). The van der Waals surface area contributed by atoms with Crippen molar-refractivity contribution in [3.05, 3.63) is 63.6 Å². The molecule has 1 atom stereocenters. The molecule has 4 heteroatoms. The second kappa shape index (κ2) is 6.13. The van der Waals surface area contributed by atoms with E-state index in [1.807, 2.05) is 12.1 Å². The Kier molecular flexibility index (Phi) is 4.21. The largest absolute Gasteiger partial charge is 0.369 e. The van der Waals surface area contributed by atoms with E-state index in [4.69, 9.17) is 5.73 Å². The predicted octanol–water partition coefficient (Wildman–Crippen LogP) is 3.42. The first-order valence-electron chi connectivity index (χ1n) is 7.42. The molecule has 1 amide bonds. The van der Waals surface area contributed by atoms with E-state index in [9.17, 15) is 4.79 Å². The van der Waals surface area contributed by atoms with Crippen LogP contribution in [-0.2, 0) is 17.8 Å². The third kappa shape index (κ3) is 3.02. The van der Waals surface area contributed by atoms with Gasteiger partial charge in [-0.1, -0.05) is 46.3 Å². The van der Waals surface area contributed by atoms with Crippen LogP contribution in [0.15, 0.2) is 46.9 Å². The van der Waals surface area contributed by atoms with Gasteiger partial charge in [0.2, 0.25) is 5.91 Å². The van der Waals surface area contributed by atoms with Gasteiger partial charge in [-0.2, -0.15) is 0 Å². The van der Waals surface area contributed by atoms with Gasteiger partial charge in [0.25, 0.3) is 0 Å². The summed E-state index contributed by atoms with van der Waals surface area (Å²) in [4.78, 5) is 13.9. The second-order valence-corrected chi connectivity index (χ2v) is 6.75. The lowest BCUT2D eigenvalue weighted by Crippen LogP contribution is -2.41. The zero-order valence-electron chi connectivity index (χ0n) is 12.6. The Morgan fingerprint density at radius 3 is 2.82 bits per heavy atom. The highest BCUT2D eigenvalue weighted by molar-refractivity contribution is 9.10. The van der Waals surface area contributed by atoms with Crippen LogP contribution < -0.4 is 10.6 Å². The highest BCUT2D eigenvalue weighted by atomic mass is 79.9. The molecule has 1 aliphatic rings. The Labute approximate surface area is 139 Å². The van der Waals surface area contributed by atoms with Crippen LogP contribution in [0.4, 0.5) is 5.69 Å². The number of para-hydroxylation sites is 1. The molecule has 0 radical (unpaired) electrons. The van der Waals surface area contributed by atoms with Gasteiger partial charge in [0, 0.05) is 23.2 Å². The van der Waals surface area contributed by atoms with E-state index in [2.05, 4.69) is 58.1 Å². The zero-order chi connectivity index (χ0) is 15.7. The maximum atomic E-state index is 11.7. The summed E-state index contributed by atoms with van der Waals surface area (Å²) in [5.41, 5.74) is 10.4. The fraction of sp³-hybridized carbons (Fsp3) is 0.278. The number of amides is 1. The zero-order valence-corrected chi connectivity index (χ0v) is 14.1. The van der Waals surface area contributed by atoms with E-state index < -0.39 is 0 Å². The lowest BCUT2D eigenvalue weighted by Gasteiger charge is -2.35. The Bertz CT molecular complexity index is 714. The first-order valence-corrected chi connectivity index (χ1v) is 8.21. The maximum Gasteiger partial charge on any atom is 0.222 e. The number of nitrogens with two attached hydrogens (primary N) is 1. The van der Waals surface area contributed by atoms with Crippen molar-refractivity contribution in [3.63, 3.8) is 0 Å². The molecule has 22 heavy (non-hydrogen) atoms. The number of halogens is 1. The minimum atomic E-state index is -0.216. The SMILES string of the molecule is Cc1cc(CN2CC(C(N)=O)Cc3ccccc32)ccc1Br. The maximum absolute atomic E-state index is 11.7. The van der Waals surface area contributed by atoms with Crippen LogP contribution in [0.1, 0.15) is 16.7 Å². The number of nitrogens with zero attached hydrogens (tertiary/aromatic N) is 1. The summed E-state index contributed by atoms with van der Waals surface area (Å²) in [5.74, 6) is -0.335. The smallest absolute Gasteiger partial charge is 0.222 e. The number of aryl methyl sites for hydroxylation is 1. The van der Waals surface area contributed by atoms with Crippen molar-refractivity contribution in [2.45, 2.75) is 19.9 Å². The fourth-order valence-corrected chi connectivity index (χ4v) is 3.30. The number of hydrogen-bond donors (Lipinski definition) is 1. The van der Waals surface area contributed by atoms with Crippen molar-refractivity contribution in [1.29, 1.82) is 0 Å². The molecular weight excluding hydrogens is 340 g/mol. The molecule has 1 unspecified atom stereocenters. The van der Waals surface area contributed by atoms with Crippen molar-refractivity contribution < 1.29 is 4.79 Å². The van der Waals surface area contributed by atoms with Gasteiger partial charge in [0.15, 0.2) is 0 Å². The summed E-state index contributed by atoms with van der Waals surface area (Å²) in [6.07, 6.45) is 0.737. The molecule has 2 aromatic rings. The first-order chi connectivity index (χ1) is 10.5. The van der Waals surface area contributed by atoms with Gasteiger partial charge in [0.05, 0.1) is 5.92 Å². The van der Waals surface area contributed by atoms with Crippen LogP contribution in [0.5, 0.6) is 0 Å². The molecule has 0 spiro atoms. The molecule has 2 N–H and O–H groups in total. The Morgan fingerprint density at radius 2 is 2.09 bits per heavy atom. The van der Waals surface area contributed by atoms with Crippen molar-refractivity contribution in [2.24, 2.45) is 11.7 Å². The molecule has 0 saturated carbocycles. The third-order valence-corrected chi connectivity index (χ3v) is 5.13. The van der Waals surface area contributed by atoms with Crippen LogP contribution in [0.3, 0.4) is 0 Å².